The highest BCUT2D eigenvalue weighted by atomic mass is 15.1. The summed E-state index contributed by atoms with van der Waals surface area (Å²) in [6, 6.07) is 12.0. The summed E-state index contributed by atoms with van der Waals surface area (Å²) in [7, 11) is 2.07. The average molecular weight is 252 g/mol. The lowest BCUT2D eigenvalue weighted by atomic mass is 10.0. The molecule has 19 heavy (non-hydrogen) atoms. The van der Waals surface area contributed by atoms with Crippen LogP contribution in [0, 0.1) is 6.92 Å². The van der Waals surface area contributed by atoms with Gasteiger partial charge in [0.2, 0.25) is 0 Å². The van der Waals surface area contributed by atoms with E-state index in [4.69, 9.17) is 0 Å². The third-order valence-corrected chi connectivity index (χ3v) is 3.19. The van der Waals surface area contributed by atoms with Gasteiger partial charge in [-0.05, 0) is 25.3 Å². The van der Waals surface area contributed by atoms with Gasteiger partial charge in [-0.3, -0.25) is 0 Å². The summed E-state index contributed by atoms with van der Waals surface area (Å²) in [5.41, 5.74) is 2.56. The quantitative estimate of drug-likeness (QED) is 0.745. The third-order valence-electron chi connectivity index (χ3n) is 3.19. The number of benzene rings is 1. The van der Waals surface area contributed by atoms with Gasteiger partial charge < -0.3 is 4.57 Å². The minimum atomic E-state index is 1.11. The highest BCUT2D eigenvalue weighted by molar-refractivity contribution is 5.63. The molecule has 0 atom stereocenters. The molecular formula is C17H20N2. The molecule has 0 bridgehead atoms. The lowest BCUT2D eigenvalue weighted by Gasteiger charge is -2.09. The van der Waals surface area contributed by atoms with Crippen molar-refractivity contribution in [1.29, 1.82) is 0 Å². The molecule has 0 saturated heterocycles. The molecular weight excluding hydrogens is 232 g/mol. The Bertz CT molecular complexity index is 535. The maximum Gasteiger partial charge on any atom is 0.135 e. The van der Waals surface area contributed by atoms with Gasteiger partial charge in [-0.1, -0.05) is 54.6 Å². The van der Waals surface area contributed by atoms with Crippen LogP contribution in [0.1, 0.15) is 24.4 Å². The zero-order valence-electron chi connectivity index (χ0n) is 11.6. The van der Waals surface area contributed by atoms with Gasteiger partial charge in [-0.2, -0.15) is 0 Å². The maximum atomic E-state index is 4.40. The highest BCUT2D eigenvalue weighted by Crippen LogP contribution is 2.22. The Balaban J connectivity index is 0.000000186. The molecule has 3 rings (SSSR count). The third kappa shape index (κ3) is 3.68. The molecule has 98 valence electrons. The first-order valence-electron chi connectivity index (χ1n) is 6.63. The van der Waals surface area contributed by atoms with E-state index >= 15 is 0 Å². The predicted molar refractivity (Wildman–Crippen MR) is 80.7 cm³/mol. The monoisotopic (exact) mass is 252 g/mol. The number of allylic oxidation sites excluding steroid dienone is 4. The Labute approximate surface area is 115 Å². The summed E-state index contributed by atoms with van der Waals surface area (Å²) in [5.74, 6) is 1.11. The minimum absolute atomic E-state index is 1.11. The molecule has 0 N–H and O–H groups in total. The minimum Gasteiger partial charge on any atom is -0.332 e. The number of hydrogen-bond acceptors (Lipinski definition) is 1. The molecule has 0 fully saturated rings. The zero-order valence-corrected chi connectivity index (χ0v) is 11.6. The zero-order chi connectivity index (χ0) is 13.5. The first-order chi connectivity index (χ1) is 9.29. The fourth-order valence-corrected chi connectivity index (χ4v) is 1.97. The predicted octanol–water partition coefficient (Wildman–Crippen LogP) is 4.15. The van der Waals surface area contributed by atoms with Gasteiger partial charge in [0.25, 0.3) is 0 Å². The van der Waals surface area contributed by atoms with Crippen LogP contribution in [0.5, 0.6) is 0 Å². The Morgan fingerprint density at radius 1 is 1.05 bits per heavy atom. The molecule has 2 heteroatoms. The molecule has 1 aromatic carbocycles. The van der Waals surface area contributed by atoms with E-state index in [0.717, 1.165) is 18.7 Å². The van der Waals surface area contributed by atoms with Crippen LogP contribution in [0.15, 0.2) is 60.8 Å². The fraction of sp³-hybridized carbons (Fsp3) is 0.235. The van der Waals surface area contributed by atoms with E-state index in [1.807, 2.05) is 42.6 Å². The van der Waals surface area contributed by atoms with Crippen LogP contribution in [0.3, 0.4) is 0 Å². The van der Waals surface area contributed by atoms with Crippen LogP contribution >= 0.6 is 0 Å². The molecule has 0 amide bonds. The Morgan fingerprint density at radius 3 is 2.11 bits per heavy atom. The standard InChI is InChI=1S/C11H14N2.C6H6/c1-9-8-12-11(13(9)2)10-6-4-3-5-7-10;1-2-4-6-5-3-1/h3-4,6,8H,5,7H2,1-2H3;1-6H. The van der Waals surface area contributed by atoms with Crippen molar-refractivity contribution in [2.45, 2.75) is 19.8 Å². The maximum absolute atomic E-state index is 4.40. The number of hydrogen-bond donors (Lipinski definition) is 0. The summed E-state index contributed by atoms with van der Waals surface area (Å²) in [5, 5.41) is 0. The van der Waals surface area contributed by atoms with E-state index in [2.05, 4.69) is 41.8 Å². The number of rotatable bonds is 1. The van der Waals surface area contributed by atoms with Gasteiger partial charge in [-0.25, -0.2) is 4.98 Å². The normalized spacial score (nSPS) is 13.5. The van der Waals surface area contributed by atoms with Crippen LogP contribution in [-0.4, -0.2) is 9.55 Å². The van der Waals surface area contributed by atoms with Crippen molar-refractivity contribution in [2.24, 2.45) is 7.05 Å². The van der Waals surface area contributed by atoms with E-state index < -0.39 is 0 Å². The van der Waals surface area contributed by atoms with Gasteiger partial charge in [0.05, 0.1) is 0 Å². The van der Waals surface area contributed by atoms with Crippen LogP contribution in [0.4, 0.5) is 0 Å². The van der Waals surface area contributed by atoms with E-state index in [0.29, 0.717) is 0 Å². The van der Waals surface area contributed by atoms with Crippen molar-refractivity contribution in [1.82, 2.24) is 9.55 Å². The molecule has 1 heterocycles. The van der Waals surface area contributed by atoms with Gasteiger partial charge in [-0.15, -0.1) is 0 Å². The summed E-state index contributed by atoms with van der Waals surface area (Å²) in [6.07, 6.45) is 10.6. The number of nitrogens with zero attached hydrogens (tertiary/aromatic N) is 2. The summed E-state index contributed by atoms with van der Waals surface area (Å²) < 4.78 is 2.14. The molecule has 1 aromatic heterocycles. The molecule has 1 aliphatic rings. The second-order valence-electron chi connectivity index (χ2n) is 4.60. The second kappa shape index (κ2) is 6.74. The summed E-state index contributed by atoms with van der Waals surface area (Å²) in [6.45, 7) is 2.08. The largest absolute Gasteiger partial charge is 0.332 e. The summed E-state index contributed by atoms with van der Waals surface area (Å²) in [4.78, 5) is 4.40. The van der Waals surface area contributed by atoms with Crippen molar-refractivity contribution in [3.05, 3.63) is 72.3 Å². The van der Waals surface area contributed by atoms with Gasteiger partial charge >= 0.3 is 0 Å². The molecule has 0 unspecified atom stereocenters. The van der Waals surface area contributed by atoms with E-state index in [-0.39, 0.29) is 0 Å². The van der Waals surface area contributed by atoms with Crippen LogP contribution in [-0.2, 0) is 7.05 Å². The Hall–Kier alpha value is -2.09. The molecule has 0 saturated carbocycles. The topological polar surface area (TPSA) is 17.8 Å². The second-order valence-corrected chi connectivity index (χ2v) is 4.60. The summed E-state index contributed by atoms with van der Waals surface area (Å²) >= 11 is 0. The average Bonchev–Trinajstić information content (AvgIpc) is 2.82. The van der Waals surface area contributed by atoms with Crippen molar-refractivity contribution in [3.63, 3.8) is 0 Å². The van der Waals surface area contributed by atoms with E-state index in [1.54, 1.807) is 0 Å². The fourth-order valence-electron chi connectivity index (χ4n) is 1.97. The van der Waals surface area contributed by atoms with Crippen molar-refractivity contribution in [2.75, 3.05) is 0 Å². The van der Waals surface area contributed by atoms with E-state index in [1.165, 1.54) is 11.3 Å². The molecule has 2 nitrogen and oxygen atoms in total. The van der Waals surface area contributed by atoms with E-state index in [9.17, 15) is 0 Å². The lowest BCUT2D eigenvalue weighted by molar-refractivity contribution is 0.841. The molecule has 0 spiro atoms. The number of aromatic nitrogens is 2. The Kier molecular flexibility index (Phi) is 4.73. The number of aryl methyl sites for hydroxylation is 1. The van der Waals surface area contributed by atoms with Crippen LogP contribution in [0.25, 0.3) is 5.57 Å². The molecule has 1 aliphatic carbocycles. The van der Waals surface area contributed by atoms with Crippen molar-refractivity contribution in [3.8, 4) is 0 Å². The van der Waals surface area contributed by atoms with Crippen LogP contribution in [0.2, 0.25) is 0 Å². The lowest BCUT2D eigenvalue weighted by Crippen LogP contribution is -1.99. The highest BCUT2D eigenvalue weighted by Gasteiger charge is 2.09. The number of imidazole rings is 1. The van der Waals surface area contributed by atoms with Crippen LogP contribution < -0.4 is 0 Å². The molecule has 0 aliphatic heterocycles. The van der Waals surface area contributed by atoms with Gasteiger partial charge in [0.1, 0.15) is 5.82 Å². The van der Waals surface area contributed by atoms with Gasteiger partial charge in [0.15, 0.2) is 0 Å². The molecule has 2 aromatic rings. The first-order valence-corrected chi connectivity index (χ1v) is 6.63. The van der Waals surface area contributed by atoms with Crippen molar-refractivity contribution < 1.29 is 0 Å². The molecule has 0 radical (unpaired) electrons. The van der Waals surface area contributed by atoms with Crippen molar-refractivity contribution >= 4 is 5.57 Å². The first kappa shape index (κ1) is 13.3. The van der Waals surface area contributed by atoms with Gasteiger partial charge in [0, 0.05) is 18.9 Å². The SMILES string of the molecule is Cc1cnc(C2=CC=CCC2)n1C.c1ccccc1. The smallest absolute Gasteiger partial charge is 0.135 e. The Morgan fingerprint density at radius 2 is 1.68 bits per heavy atom.